The lowest BCUT2D eigenvalue weighted by Crippen LogP contribution is -2.29. The third-order valence-corrected chi connectivity index (χ3v) is 2.01. The molecule has 0 heterocycles. The van der Waals surface area contributed by atoms with Gasteiger partial charge >= 0.3 is 6.18 Å². The van der Waals surface area contributed by atoms with E-state index in [1.807, 2.05) is 0 Å². The number of nitrogens with two attached hydrogens (primary N) is 1. The van der Waals surface area contributed by atoms with E-state index >= 15 is 0 Å². The second-order valence-corrected chi connectivity index (χ2v) is 3.24. The van der Waals surface area contributed by atoms with Crippen LogP contribution in [0.1, 0.15) is 11.6 Å². The SMILES string of the molecule is Cl.N[C@@H](c1ccc(OCCF)cc1F)C(F)(F)F. The third kappa shape index (κ3) is 4.30. The Bertz CT molecular complexity index is 385. The van der Waals surface area contributed by atoms with Crippen molar-refractivity contribution in [2.24, 2.45) is 5.73 Å². The number of hydrogen-bond donors (Lipinski definition) is 1. The molecule has 0 aliphatic rings. The minimum Gasteiger partial charge on any atom is -0.491 e. The van der Waals surface area contributed by atoms with E-state index in [9.17, 15) is 22.0 Å². The first-order chi connectivity index (χ1) is 7.86. The summed E-state index contributed by atoms with van der Waals surface area (Å²) >= 11 is 0. The fraction of sp³-hybridized carbons (Fsp3) is 0.400. The highest BCUT2D eigenvalue weighted by atomic mass is 35.5. The molecule has 1 aromatic carbocycles. The first-order valence-electron chi connectivity index (χ1n) is 4.66. The fourth-order valence-corrected chi connectivity index (χ4v) is 1.18. The monoisotopic (exact) mass is 291 g/mol. The van der Waals surface area contributed by atoms with Crippen molar-refractivity contribution >= 4 is 12.4 Å². The van der Waals surface area contributed by atoms with Gasteiger partial charge in [-0.25, -0.2) is 8.78 Å². The smallest absolute Gasteiger partial charge is 0.407 e. The van der Waals surface area contributed by atoms with Crippen LogP contribution in [-0.2, 0) is 0 Å². The summed E-state index contributed by atoms with van der Waals surface area (Å²) in [7, 11) is 0. The molecule has 2 nitrogen and oxygen atoms in total. The van der Waals surface area contributed by atoms with E-state index in [0.717, 1.165) is 18.2 Å². The maximum Gasteiger partial charge on any atom is 0.407 e. The summed E-state index contributed by atoms with van der Waals surface area (Å²) in [6, 6.07) is 0.342. The molecule has 1 atom stereocenters. The van der Waals surface area contributed by atoms with Crippen LogP contribution in [-0.4, -0.2) is 19.5 Å². The van der Waals surface area contributed by atoms with Crippen LogP contribution >= 0.6 is 12.4 Å². The van der Waals surface area contributed by atoms with E-state index in [4.69, 9.17) is 10.5 Å². The van der Waals surface area contributed by atoms with Crippen molar-refractivity contribution in [3.05, 3.63) is 29.6 Å². The number of halogens is 6. The summed E-state index contributed by atoms with van der Waals surface area (Å²) in [5.74, 6) is -1.18. The molecule has 0 aliphatic heterocycles. The summed E-state index contributed by atoms with van der Waals surface area (Å²) < 4.78 is 66.5. The largest absolute Gasteiger partial charge is 0.491 e. The molecule has 0 saturated heterocycles. The van der Waals surface area contributed by atoms with Crippen molar-refractivity contribution < 1.29 is 26.7 Å². The minimum absolute atomic E-state index is 0. The van der Waals surface area contributed by atoms with Gasteiger partial charge in [0.2, 0.25) is 0 Å². The second-order valence-electron chi connectivity index (χ2n) is 3.24. The van der Waals surface area contributed by atoms with E-state index in [1.54, 1.807) is 0 Å². The third-order valence-electron chi connectivity index (χ3n) is 2.01. The first-order valence-corrected chi connectivity index (χ1v) is 4.66. The van der Waals surface area contributed by atoms with Gasteiger partial charge in [-0.2, -0.15) is 13.2 Å². The number of rotatable bonds is 4. The Morgan fingerprint density at radius 1 is 1.28 bits per heavy atom. The van der Waals surface area contributed by atoms with Gasteiger partial charge in [0.05, 0.1) is 0 Å². The molecule has 0 aromatic heterocycles. The Kier molecular flexibility index (Phi) is 6.34. The lowest BCUT2D eigenvalue weighted by Gasteiger charge is -2.17. The second kappa shape index (κ2) is 6.75. The van der Waals surface area contributed by atoms with E-state index in [1.165, 1.54) is 0 Å². The molecular weight excluding hydrogens is 281 g/mol. The van der Waals surface area contributed by atoms with Crippen LogP contribution in [0.2, 0.25) is 0 Å². The van der Waals surface area contributed by atoms with Crippen molar-refractivity contribution in [3.63, 3.8) is 0 Å². The zero-order valence-electron chi connectivity index (χ0n) is 9.01. The van der Waals surface area contributed by atoms with Gasteiger partial charge in [-0.1, -0.05) is 6.07 Å². The lowest BCUT2D eigenvalue weighted by molar-refractivity contribution is -0.149. The Balaban J connectivity index is 0.00000289. The van der Waals surface area contributed by atoms with Crippen LogP contribution in [0.5, 0.6) is 5.75 Å². The molecule has 0 bridgehead atoms. The molecule has 0 saturated carbocycles. The molecule has 0 aliphatic carbocycles. The molecule has 0 amide bonds. The standard InChI is InChI=1S/C10H10F5NO.ClH/c11-3-4-17-6-1-2-7(8(12)5-6)9(16)10(13,14)15;/h1-2,5,9H,3-4,16H2;1H/t9-;/m0./s1. The average molecular weight is 292 g/mol. The first kappa shape index (κ1) is 16.9. The topological polar surface area (TPSA) is 35.2 Å². The average Bonchev–Trinajstić information content (AvgIpc) is 2.24. The minimum atomic E-state index is -4.72. The van der Waals surface area contributed by atoms with Crippen molar-refractivity contribution in [2.45, 2.75) is 12.2 Å². The summed E-state index contributed by atoms with van der Waals surface area (Å²) in [6.07, 6.45) is -4.72. The van der Waals surface area contributed by atoms with Crippen LogP contribution < -0.4 is 10.5 Å². The molecule has 0 radical (unpaired) electrons. The molecule has 104 valence electrons. The van der Waals surface area contributed by atoms with Gasteiger partial charge in [-0.3, -0.25) is 0 Å². The molecule has 0 spiro atoms. The summed E-state index contributed by atoms with van der Waals surface area (Å²) in [4.78, 5) is 0. The van der Waals surface area contributed by atoms with Crippen molar-refractivity contribution in [3.8, 4) is 5.75 Å². The molecule has 1 aromatic rings. The van der Waals surface area contributed by atoms with Crippen LogP contribution in [0.4, 0.5) is 22.0 Å². The van der Waals surface area contributed by atoms with Gasteiger partial charge in [0, 0.05) is 11.6 Å². The Hall–Kier alpha value is -1.08. The van der Waals surface area contributed by atoms with E-state index in [0.29, 0.717) is 0 Å². The molecule has 8 heteroatoms. The lowest BCUT2D eigenvalue weighted by atomic mass is 10.1. The van der Waals surface area contributed by atoms with Crippen molar-refractivity contribution in [1.29, 1.82) is 0 Å². The summed E-state index contributed by atoms with van der Waals surface area (Å²) in [5, 5.41) is 0. The van der Waals surface area contributed by atoms with Crippen molar-refractivity contribution in [2.75, 3.05) is 13.3 Å². The van der Waals surface area contributed by atoms with Gasteiger partial charge in [0.25, 0.3) is 0 Å². The molecular formula is C10H11ClF5NO. The predicted octanol–water partition coefficient (Wildman–Crippen LogP) is 3.16. The van der Waals surface area contributed by atoms with E-state index in [2.05, 4.69) is 0 Å². The van der Waals surface area contributed by atoms with Crippen LogP contribution in [0, 0.1) is 5.82 Å². The molecule has 18 heavy (non-hydrogen) atoms. The molecule has 0 unspecified atom stereocenters. The zero-order valence-corrected chi connectivity index (χ0v) is 9.82. The number of hydrogen-bond acceptors (Lipinski definition) is 2. The highest BCUT2D eigenvalue weighted by Gasteiger charge is 2.39. The zero-order chi connectivity index (χ0) is 13.1. The predicted molar refractivity (Wildman–Crippen MR) is 58.1 cm³/mol. The van der Waals surface area contributed by atoms with Crippen LogP contribution in [0.15, 0.2) is 18.2 Å². The highest BCUT2D eigenvalue weighted by molar-refractivity contribution is 5.85. The molecule has 2 N–H and O–H groups in total. The molecule has 0 fully saturated rings. The van der Waals surface area contributed by atoms with Crippen LogP contribution in [0.3, 0.4) is 0 Å². The normalized spacial score (nSPS) is 12.8. The maximum absolute atomic E-state index is 13.3. The Labute approximate surface area is 106 Å². The fourth-order valence-electron chi connectivity index (χ4n) is 1.18. The van der Waals surface area contributed by atoms with E-state index < -0.39 is 30.3 Å². The highest BCUT2D eigenvalue weighted by Crippen LogP contribution is 2.32. The van der Waals surface area contributed by atoms with Gasteiger partial charge in [-0.15, -0.1) is 12.4 Å². The number of ether oxygens (including phenoxy) is 1. The summed E-state index contributed by atoms with van der Waals surface area (Å²) in [5.41, 5.74) is 4.18. The van der Waals surface area contributed by atoms with Gasteiger partial charge in [0.1, 0.15) is 30.9 Å². The van der Waals surface area contributed by atoms with Gasteiger partial charge in [0.15, 0.2) is 0 Å². The summed E-state index contributed by atoms with van der Waals surface area (Å²) in [6.45, 7) is -1.06. The van der Waals surface area contributed by atoms with Gasteiger partial charge < -0.3 is 10.5 Å². The van der Waals surface area contributed by atoms with Crippen molar-refractivity contribution in [1.82, 2.24) is 0 Å². The van der Waals surface area contributed by atoms with Gasteiger partial charge in [-0.05, 0) is 6.07 Å². The quantitative estimate of drug-likeness (QED) is 0.865. The Morgan fingerprint density at radius 2 is 1.89 bits per heavy atom. The number of alkyl halides is 4. The maximum atomic E-state index is 13.3. The Morgan fingerprint density at radius 3 is 2.33 bits per heavy atom. The molecule has 1 rings (SSSR count). The number of benzene rings is 1. The van der Waals surface area contributed by atoms with Crippen LogP contribution in [0.25, 0.3) is 0 Å². The van der Waals surface area contributed by atoms with E-state index in [-0.39, 0.29) is 24.8 Å².